The molecule has 4 rings (SSSR count). The molecule has 1 aromatic heterocycles. The molecular formula is C35H67N9O. The van der Waals surface area contributed by atoms with Crippen molar-refractivity contribution in [2.45, 2.75) is 173 Å². The molecule has 0 saturated carbocycles. The van der Waals surface area contributed by atoms with Crippen LogP contribution >= 0.6 is 0 Å². The van der Waals surface area contributed by atoms with E-state index in [0.717, 1.165) is 56.4 Å². The number of nitrogens with zero attached hydrogens (tertiary/aromatic N) is 8. The molecule has 4 heterocycles. The smallest absolute Gasteiger partial charge is 0.231 e. The van der Waals surface area contributed by atoms with Crippen molar-refractivity contribution in [3.05, 3.63) is 0 Å². The Morgan fingerprint density at radius 3 is 1.16 bits per heavy atom. The zero-order valence-corrected chi connectivity index (χ0v) is 32.0. The van der Waals surface area contributed by atoms with E-state index in [0.29, 0.717) is 12.1 Å². The van der Waals surface area contributed by atoms with Crippen LogP contribution in [-0.2, 0) is 4.84 Å². The van der Waals surface area contributed by atoms with E-state index < -0.39 is 0 Å². The van der Waals surface area contributed by atoms with Gasteiger partial charge in [-0.1, -0.05) is 0 Å². The molecule has 3 aliphatic heterocycles. The number of aromatic nitrogens is 3. The summed E-state index contributed by atoms with van der Waals surface area (Å²) in [7, 11) is 10.6. The zero-order valence-electron chi connectivity index (χ0n) is 32.0. The van der Waals surface area contributed by atoms with Gasteiger partial charge in [-0.05, 0) is 129 Å². The molecule has 0 amide bonds. The maximum atomic E-state index is 5.92. The molecular weight excluding hydrogens is 562 g/mol. The van der Waals surface area contributed by atoms with Gasteiger partial charge in [0.2, 0.25) is 17.8 Å². The van der Waals surface area contributed by atoms with E-state index in [1.807, 2.05) is 0 Å². The van der Waals surface area contributed by atoms with Gasteiger partial charge in [-0.25, -0.2) is 0 Å². The molecule has 0 aromatic carbocycles. The van der Waals surface area contributed by atoms with Gasteiger partial charge >= 0.3 is 0 Å². The molecule has 258 valence electrons. The lowest BCUT2D eigenvalue weighted by molar-refractivity contribution is -0.266. The number of hydroxylamine groups is 2. The Morgan fingerprint density at radius 1 is 0.556 bits per heavy atom. The molecule has 0 bridgehead atoms. The monoisotopic (exact) mass is 630 g/mol. The number of rotatable bonds is 7. The summed E-state index contributed by atoms with van der Waals surface area (Å²) in [6.07, 6.45) is 6.00. The number of piperidine rings is 3. The Kier molecular flexibility index (Phi) is 9.42. The molecule has 3 saturated heterocycles. The number of hydrogen-bond acceptors (Lipinski definition) is 10. The summed E-state index contributed by atoms with van der Waals surface area (Å²) in [5.41, 5.74) is -0.120. The fraction of sp³-hybridized carbons (Fsp3) is 0.914. The Morgan fingerprint density at radius 2 is 0.844 bits per heavy atom. The summed E-state index contributed by atoms with van der Waals surface area (Å²) in [6.45, 7) is 27.7. The van der Waals surface area contributed by atoms with Crippen LogP contribution in [0.1, 0.15) is 122 Å². The lowest BCUT2D eigenvalue weighted by Crippen LogP contribution is -2.63. The van der Waals surface area contributed by atoms with Crippen molar-refractivity contribution in [2.24, 2.45) is 0 Å². The van der Waals surface area contributed by atoms with Gasteiger partial charge in [0.25, 0.3) is 0 Å². The molecule has 0 unspecified atom stereocenters. The van der Waals surface area contributed by atoms with Gasteiger partial charge in [-0.15, -0.1) is 0 Å². The second kappa shape index (κ2) is 11.7. The second-order valence-corrected chi connectivity index (χ2v) is 18.4. The Labute approximate surface area is 275 Å². The van der Waals surface area contributed by atoms with Gasteiger partial charge in [0.1, 0.15) is 0 Å². The highest BCUT2D eigenvalue weighted by molar-refractivity contribution is 5.48. The van der Waals surface area contributed by atoms with E-state index in [2.05, 4.69) is 141 Å². The van der Waals surface area contributed by atoms with Gasteiger partial charge in [0.15, 0.2) is 0 Å². The van der Waals surface area contributed by atoms with E-state index in [1.165, 1.54) is 0 Å². The van der Waals surface area contributed by atoms with Crippen LogP contribution in [0.2, 0.25) is 0 Å². The Bertz CT molecular complexity index is 1160. The SMILES string of the molecule is CON1C(C)(C)CC(N(C)c2nc(N(C)C3CC(C)(C)NC(C)(C)C3)nc(N(C)C3CC(C)(C)N(C)C(C)(C)C3)n2)CC1(C)C. The topological polar surface area (TPSA) is 76.1 Å². The van der Waals surface area contributed by atoms with Gasteiger partial charge in [0.05, 0.1) is 7.11 Å². The summed E-state index contributed by atoms with van der Waals surface area (Å²) in [4.78, 5) is 31.2. The van der Waals surface area contributed by atoms with E-state index in [9.17, 15) is 0 Å². The first-order valence-electron chi connectivity index (χ1n) is 17.1. The molecule has 1 aromatic rings. The third kappa shape index (κ3) is 7.39. The lowest BCUT2D eigenvalue weighted by Gasteiger charge is -2.55. The zero-order chi connectivity index (χ0) is 34.1. The fourth-order valence-electron chi connectivity index (χ4n) is 9.42. The number of likely N-dealkylation sites (tertiary alicyclic amines) is 1. The van der Waals surface area contributed by atoms with Crippen molar-refractivity contribution in [3.63, 3.8) is 0 Å². The summed E-state index contributed by atoms with van der Waals surface area (Å²) >= 11 is 0. The highest BCUT2D eigenvalue weighted by atomic mass is 16.7. The van der Waals surface area contributed by atoms with Crippen LogP contribution in [-0.4, -0.2) is 112 Å². The van der Waals surface area contributed by atoms with Gasteiger partial charge in [-0.2, -0.15) is 20.0 Å². The predicted octanol–water partition coefficient (Wildman–Crippen LogP) is 5.72. The average molecular weight is 630 g/mol. The summed E-state index contributed by atoms with van der Waals surface area (Å²) in [5, 5.41) is 6.01. The molecule has 0 spiro atoms. The summed E-state index contributed by atoms with van der Waals surface area (Å²) in [6, 6.07) is 0.862. The molecule has 0 radical (unpaired) electrons. The average Bonchev–Trinajstić information content (AvgIpc) is 2.86. The predicted molar refractivity (Wildman–Crippen MR) is 188 cm³/mol. The molecule has 0 aliphatic carbocycles. The summed E-state index contributed by atoms with van der Waals surface area (Å²) < 4.78 is 0. The van der Waals surface area contributed by atoms with E-state index in [1.54, 1.807) is 7.11 Å². The molecule has 3 aliphatic rings. The van der Waals surface area contributed by atoms with Crippen LogP contribution in [0.25, 0.3) is 0 Å². The van der Waals surface area contributed by atoms with Crippen LogP contribution in [0.3, 0.4) is 0 Å². The molecule has 45 heavy (non-hydrogen) atoms. The number of hydrogen-bond donors (Lipinski definition) is 1. The van der Waals surface area contributed by atoms with Gasteiger partial charge in [0, 0.05) is 72.5 Å². The highest BCUT2D eigenvalue weighted by Gasteiger charge is 2.48. The molecule has 1 N–H and O–H groups in total. The first-order chi connectivity index (χ1) is 20.3. The highest BCUT2D eigenvalue weighted by Crippen LogP contribution is 2.42. The van der Waals surface area contributed by atoms with Crippen molar-refractivity contribution in [2.75, 3.05) is 50.0 Å². The van der Waals surface area contributed by atoms with E-state index in [-0.39, 0.29) is 39.3 Å². The minimum atomic E-state index is -0.140. The van der Waals surface area contributed by atoms with Crippen molar-refractivity contribution in [1.29, 1.82) is 0 Å². The maximum Gasteiger partial charge on any atom is 0.231 e. The van der Waals surface area contributed by atoms with Crippen LogP contribution < -0.4 is 20.0 Å². The van der Waals surface area contributed by atoms with Crippen LogP contribution in [0.5, 0.6) is 0 Å². The van der Waals surface area contributed by atoms with E-state index >= 15 is 0 Å². The van der Waals surface area contributed by atoms with Crippen molar-refractivity contribution in [1.82, 2.24) is 30.2 Å². The van der Waals surface area contributed by atoms with E-state index in [4.69, 9.17) is 19.8 Å². The third-order valence-electron chi connectivity index (χ3n) is 11.4. The minimum absolute atomic E-state index is 0.0186. The fourth-order valence-corrected chi connectivity index (χ4v) is 9.42. The number of nitrogens with one attached hydrogen (secondary N) is 1. The third-order valence-corrected chi connectivity index (χ3v) is 11.4. The first-order valence-corrected chi connectivity index (χ1v) is 17.1. The Balaban J connectivity index is 1.76. The van der Waals surface area contributed by atoms with Crippen LogP contribution in [0.4, 0.5) is 17.8 Å². The van der Waals surface area contributed by atoms with Gasteiger partial charge < -0.3 is 24.9 Å². The first kappa shape index (κ1) is 36.1. The largest absolute Gasteiger partial charge is 0.341 e. The van der Waals surface area contributed by atoms with Crippen LogP contribution in [0.15, 0.2) is 0 Å². The Hall–Kier alpha value is -1.75. The molecule has 3 fully saturated rings. The standard InChI is InChI=1S/C35H67N9O/c1-30(2)18-24(19-31(3,4)39-30)40(13)27-36-28(41(14)25-20-32(5,6)43(16)33(7,8)21-25)38-29(37-27)42(15)26-22-34(9,10)44(45-17)35(11,12)23-26/h24-26,39H,18-23H2,1-17H3. The normalized spacial score (nSPS) is 26.9. The van der Waals surface area contributed by atoms with Crippen molar-refractivity contribution in [3.8, 4) is 0 Å². The minimum Gasteiger partial charge on any atom is -0.341 e. The molecule has 10 nitrogen and oxygen atoms in total. The second-order valence-electron chi connectivity index (χ2n) is 18.4. The quantitative estimate of drug-likeness (QED) is 0.405. The molecule has 0 atom stereocenters. The number of anilines is 3. The lowest BCUT2D eigenvalue weighted by atomic mass is 9.77. The maximum absolute atomic E-state index is 5.92. The summed E-state index contributed by atoms with van der Waals surface area (Å²) in [5.74, 6) is 2.26. The van der Waals surface area contributed by atoms with Crippen molar-refractivity contribution >= 4 is 17.8 Å². The van der Waals surface area contributed by atoms with Gasteiger partial charge in [-0.3, -0.25) is 4.90 Å². The van der Waals surface area contributed by atoms with Crippen molar-refractivity contribution < 1.29 is 4.84 Å². The molecule has 10 heteroatoms. The van der Waals surface area contributed by atoms with Crippen LogP contribution in [0, 0.1) is 0 Å².